The van der Waals surface area contributed by atoms with Crippen molar-refractivity contribution in [3.05, 3.63) is 53.9 Å². The second-order valence-corrected chi connectivity index (χ2v) is 6.26. The molecular weight excluding hydrogens is 314 g/mol. The Morgan fingerprint density at radius 3 is 2.84 bits per heavy atom. The predicted octanol–water partition coefficient (Wildman–Crippen LogP) is 2.91. The molecule has 0 atom stereocenters. The Balaban J connectivity index is 2.01. The Kier molecular flexibility index (Phi) is 3.66. The molecule has 25 heavy (non-hydrogen) atoms. The Hall–Kier alpha value is -2.92. The monoisotopic (exact) mass is 333 g/mol. The molecule has 4 aromatic rings. The number of amides is 1. The van der Waals surface area contributed by atoms with Gasteiger partial charge in [-0.3, -0.25) is 9.78 Å². The van der Waals surface area contributed by atoms with Crippen molar-refractivity contribution in [2.45, 2.75) is 6.92 Å². The van der Waals surface area contributed by atoms with Crippen molar-refractivity contribution >= 4 is 38.5 Å². The van der Waals surface area contributed by atoms with Crippen LogP contribution in [0.2, 0.25) is 0 Å². The first-order valence-corrected chi connectivity index (χ1v) is 8.26. The third-order valence-corrected chi connectivity index (χ3v) is 4.81. The van der Waals surface area contributed by atoms with E-state index in [2.05, 4.69) is 34.9 Å². The fourth-order valence-corrected chi connectivity index (χ4v) is 3.63. The number of fused-ring (bicyclic) bond motifs is 4. The lowest BCUT2D eigenvalue weighted by molar-refractivity contribution is 0.0945. The Morgan fingerprint density at radius 2 is 2.04 bits per heavy atom. The number of hydrogen-bond acceptors (Lipinski definition) is 3. The van der Waals surface area contributed by atoms with Gasteiger partial charge in [0.2, 0.25) is 0 Å². The molecule has 2 N–H and O–H groups in total. The van der Waals surface area contributed by atoms with Gasteiger partial charge in [0.1, 0.15) is 0 Å². The van der Waals surface area contributed by atoms with Gasteiger partial charge in [0.15, 0.2) is 0 Å². The van der Waals surface area contributed by atoms with Gasteiger partial charge >= 0.3 is 0 Å². The minimum absolute atomic E-state index is 0.0690. The molecule has 2 heterocycles. The molecular formula is C20H19N3O2. The fraction of sp³-hybridized carbons (Fsp3) is 0.200. The standard InChI is InChI=1S/C20H19N3O2/c1-12-15-5-6-21-11-14(15)10-17-16-9-13(20(25)22-7-8-24)3-4-18(16)23(2)19(12)17/h3-6,9-11,24H,7-8H2,1-2H3,(H,22,25). The van der Waals surface area contributed by atoms with Crippen LogP contribution in [0.5, 0.6) is 0 Å². The lowest BCUT2D eigenvalue weighted by atomic mass is 10.0. The highest BCUT2D eigenvalue weighted by Gasteiger charge is 2.15. The van der Waals surface area contributed by atoms with Crippen LogP contribution in [0.25, 0.3) is 32.6 Å². The number of rotatable bonds is 3. The molecule has 4 rings (SSSR count). The van der Waals surface area contributed by atoms with Gasteiger partial charge in [0.05, 0.1) is 12.1 Å². The van der Waals surface area contributed by atoms with Gasteiger partial charge < -0.3 is 15.0 Å². The maximum atomic E-state index is 12.2. The molecule has 0 fully saturated rings. The molecule has 0 aliphatic rings. The highest BCUT2D eigenvalue weighted by molar-refractivity contribution is 6.15. The summed E-state index contributed by atoms with van der Waals surface area (Å²) in [6, 6.07) is 9.90. The summed E-state index contributed by atoms with van der Waals surface area (Å²) in [6.45, 7) is 2.31. The van der Waals surface area contributed by atoms with E-state index >= 15 is 0 Å². The maximum Gasteiger partial charge on any atom is 0.251 e. The largest absolute Gasteiger partial charge is 0.395 e. The van der Waals surface area contributed by atoms with E-state index in [-0.39, 0.29) is 19.1 Å². The number of pyridine rings is 1. The van der Waals surface area contributed by atoms with Gasteiger partial charge in [-0.1, -0.05) is 0 Å². The van der Waals surface area contributed by atoms with Gasteiger partial charge in [0, 0.05) is 53.2 Å². The Labute approximate surface area is 144 Å². The average Bonchev–Trinajstić information content (AvgIpc) is 2.92. The van der Waals surface area contributed by atoms with Crippen molar-refractivity contribution in [3.8, 4) is 0 Å². The zero-order valence-corrected chi connectivity index (χ0v) is 14.2. The molecule has 1 amide bonds. The van der Waals surface area contributed by atoms with Crippen molar-refractivity contribution in [3.63, 3.8) is 0 Å². The number of aliphatic hydroxyl groups is 1. The number of nitrogens with one attached hydrogen (secondary N) is 1. The number of carbonyl (C=O) groups excluding carboxylic acids is 1. The Bertz CT molecular complexity index is 1130. The van der Waals surface area contributed by atoms with E-state index in [1.54, 1.807) is 0 Å². The van der Waals surface area contributed by atoms with Crippen LogP contribution in [0.3, 0.4) is 0 Å². The molecule has 126 valence electrons. The van der Waals surface area contributed by atoms with Crippen molar-refractivity contribution in [1.82, 2.24) is 14.9 Å². The first kappa shape index (κ1) is 15.6. The van der Waals surface area contributed by atoms with E-state index < -0.39 is 0 Å². The van der Waals surface area contributed by atoms with E-state index in [1.165, 1.54) is 16.5 Å². The summed E-state index contributed by atoms with van der Waals surface area (Å²) in [5.74, 6) is -0.174. The highest BCUT2D eigenvalue weighted by atomic mass is 16.3. The van der Waals surface area contributed by atoms with Crippen LogP contribution in [0.15, 0.2) is 42.7 Å². The smallest absolute Gasteiger partial charge is 0.251 e. The van der Waals surface area contributed by atoms with Crippen LogP contribution >= 0.6 is 0 Å². The highest BCUT2D eigenvalue weighted by Crippen LogP contribution is 2.35. The maximum absolute atomic E-state index is 12.2. The molecule has 0 unspecified atom stereocenters. The summed E-state index contributed by atoms with van der Waals surface area (Å²) in [5, 5.41) is 16.0. The summed E-state index contributed by atoms with van der Waals surface area (Å²) >= 11 is 0. The number of hydrogen-bond donors (Lipinski definition) is 2. The molecule has 5 nitrogen and oxygen atoms in total. The van der Waals surface area contributed by atoms with E-state index in [0.29, 0.717) is 5.56 Å². The minimum Gasteiger partial charge on any atom is -0.395 e. The van der Waals surface area contributed by atoms with Crippen molar-refractivity contribution in [2.75, 3.05) is 13.2 Å². The fourth-order valence-electron chi connectivity index (χ4n) is 3.63. The van der Waals surface area contributed by atoms with E-state index in [9.17, 15) is 4.79 Å². The van der Waals surface area contributed by atoms with Gasteiger partial charge in [-0.05, 0) is 48.2 Å². The third-order valence-electron chi connectivity index (χ3n) is 4.81. The molecule has 0 bridgehead atoms. The van der Waals surface area contributed by atoms with Crippen LogP contribution in [-0.4, -0.2) is 33.7 Å². The van der Waals surface area contributed by atoms with Crippen LogP contribution in [-0.2, 0) is 7.05 Å². The molecule has 0 aliphatic carbocycles. The zero-order valence-electron chi connectivity index (χ0n) is 14.2. The van der Waals surface area contributed by atoms with Crippen LogP contribution in [0.1, 0.15) is 15.9 Å². The topological polar surface area (TPSA) is 67.2 Å². The van der Waals surface area contributed by atoms with E-state index in [0.717, 1.165) is 21.7 Å². The lowest BCUT2D eigenvalue weighted by Gasteiger charge is -2.06. The summed E-state index contributed by atoms with van der Waals surface area (Å²) in [4.78, 5) is 16.5. The molecule has 0 radical (unpaired) electrons. The van der Waals surface area contributed by atoms with Crippen LogP contribution < -0.4 is 5.32 Å². The minimum atomic E-state index is -0.174. The number of aromatic nitrogens is 2. The molecule has 0 spiro atoms. The second kappa shape index (κ2) is 5.86. The summed E-state index contributed by atoms with van der Waals surface area (Å²) < 4.78 is 2.18. The van der Waals surface area contributed by atoms with Crippen molar-refractivity contribution < 1.29 is 9.90 Å². The molecule has 0 aliphatic heterocycles. The first-order chi connectivity index (χ1) is 12.1. The molecule has 2 aromatic carbocycles. The number of carbonyl (C=O) groups is 1. The van der Waals surface area contributed by atoms with Crippen molar-refractivity contribution in [1.29, 1.82) is 0 Å². The van der Waals surface area contributed by atoms with Crippen molar-refractivity contribution in [2.24, 2.45) is 7.05 Å². The van der Waals surface area contributed by atoms with Gasteiger partial charge in [0.25, 0.3) is 5.91 Å². The van der Waals surface area contributed by atoms with Gasteiger partial charge in [-0.25, -0.2) is 0 Å². The average molecular weight is 333 g/mol. The molecule has 5 heteroatoms. The quantitative estimate of drug-likeness (QED) is 0.606. The molecule has 0 saturated carbocycles. The predicted molar refractivity (Wildman–Crippen MR) is 99.9 cm³/mol. The first-order valence-electron chi connectivity index (χ1n) is 8.26. The zero-order chi connectivity index (χ0) is 17.6. The second-order valence-electron chi connectivity index (χ2n) is 6.26. The number of aryl methyl sites for hydroxylation is 2. The molecule has 0 saturated heterocycles. The summed E-state index contributed by atoms with van der Waals surface area (Å²) in [7, 11) is 2.05. The number of benzene rings is 2. The van der Waals surface area contributed by atoms with E-state index in [1.807, 2.05) is 36.7 Å². The molecule has 2 aromatic heterocycles. The summed E-state index contributed by atoms with van der Waals surface area (Å²) in [6.07, 6.45) is 3.69. The lowest BCUT2D eigenvalue weighted by Crippen LogP contribution is -2.26. The Morgan fingerprint density at radius 1 is 1.20 bits per heavy atom. The normalized spacial score (nSPS) is 11.5. The van der Waals surface area contributed by atoms with Gasteiger partial charge in [-0.2, -0.15) is 0 Å². The van der Waals surface area contributed by atoms with E-state index in [4.69, 9.17) is 5.11 Å². The van der Waals surface area contributed by atoms with Crippen LogP contribution in [0.4, 0.5) is 0 Å². The summed E-state index contributed by atoms with van der Waals surface area (Å²) in [5.41, 5.74) is 4.05. The SMILES string of the molecule is Cc1c2ccncc2cc2c3cc(C(=O)NCCO)ccc3n(C)c12. The third kappa shape index (κ3) is 2.36. The number of nitrogens with zero attached hydrogens (tertiary/aromatic N) is 2. The van der Waals surface area contributed by atoms with Crippen LogP contribution in [0, 0.1) is 6.92 Å². The van der Waals surface area contributed by atoms with Gasteiger partial charge in [-0.15, -0.1) is 0 Å². The number of aliphatic hydroxyl groups excluding tert-OH is 1.